The van der Waals surface area contributed by atoms with Gasteiger partial charge in [0.25, 0.3) is 5.92 Å². The number of halogens is 2. The Morgan fingerprint density at radius 3 is 2.62 bits per heavy atom. The van der Waals surface area contributed by atoms with E-state index < -0.39 is 19.0 Å². The van der Waals surface area contributed by atoms with Crippen LogP contribution in [0.2, 0.25) is 0 Å². The first-order valence-corrected chi connectivity index (χ1v) is 3.97. The molecule has 0 atom stereocenters. The SMILES string of the molecule is Cc1c(C(F)(F)CCO)cnn1C. The van der Waals surface area contributed by atoms with Gasteiger partial charge in [0.2, 0.25) is 0 Å². The number of hydrogen-bond donors (Lipinski definition) is 1. The van der Waals surface area contributed by atoms with Crippen LogP contribution in [0.4, 0.5) is 8.78 Å². The van der Waals surface area contributed by atoms with Crippen LogP contribution in [-0.2, 0) is 13.0 Å². The van der Waals surface area contributed by atoms with Gasteiger partial charge in [-0.15, -0.1) is 0 Å². The maximum Gasteiger partial charge on any atom is 0.278 e. The van der Waals surface area contributed by atoms with Crippen LogP contribution in [0, 0.1) is 6.92 Å². The minimum Gasteiger partial charge on any atom is -0.396 e. The monoisotopic (exact) mass is 190 g/mol. The summed E-state index contributed by atoms with van der Waals surface area (Å²) in [6.45, 7) is 1.05. The zero-order chi connectivity index (χ0) is 10.1. The molecule has 1 aromatic heterocycles. The molecule has 1 rings (SSSR count). The summed E-state index contributed by atoms with van der Waals surface area (Å²) in [6, 6.07) is 0. The zero-order valence-electron chi connectivity index (χ0n) is 7.59. The third-order valence-electron chi connectivity index (χ3n) is 2.06. The average molecular weight is 190 g/mol. The largest absolute Gasteiger partial charge is 0.396 e. The Bertz CT molecular complexity index is 296. The van der Waals surface area contributed by atoms with Crippen molar-refractivity contribution in [2.45, 2.75) is 19.3 Å². The van der Waals surface area contributed by atoms with Gasteiger partial charge in [-0.3, -0.25) is 4.68 Å². The molecule has 0 aromatic carbocycles. The van der Waals surface area contributed by atoms with Crippen molar-refractivity contribution >= 4 is 0 Å². The standard InChI is InChI=1S/C8H12F2N2O/c1-6-7(5-11-12(6)2)8(9,10)3-4-13/h5,13H,3-4H2,1-2H3. The van der Waals surface area contributed by atoms with Gasteiger partial charge in [-0.1, -0.05) is 0 Å². The van der Waals surface area contributed by atoms with Crippen molar-refractivity contribution in [3.63, 3.8) is 0 Å². The normalized spacial score (nSPS) is 12.1. The molecule has 0 spiro atoms. The molecule has 74 valence electrons. The first-order chi connectivity index (χ1) is 5.99. The second-order valence-corrected chi connectivity index (χ2v) is 2.95. The highest BCUT2D eigenvalue weighted by atomic mass is 19.3. The number of hydrogen-bond acceptors (Lipinski definition) is 2. The van der Waals surface area contributed by atoms with Crippen molar-refractivity contribution in [2.24, 2.45) is 7.05 Å². The molecule has 0 aliphatic rings. The summed E-state index contributed by atoms with van der Waals surface area (Å²) in [7, 11) is 1.61. The fourth-order valence-electron chi connectivity index (χ4n) is 1.13. The first kappa shape index (κ1) is 10.1. The van der Waals surface area contributed by atoms with Crippen LogP contribution in [0.3, 0.4) is 0 Å². The summed E-state index contributed by atoms with van der Waals surface area (Å²) in [5, 5.41) is 12.2. The average Bonchev–Trinajstić information content (AvgIpc) is 2.33. The third-order valence-corrected chi connectivity index (χ3v) is 2.06. The summed E-state index contributed by atoms with van der Waals surface area (Å²) >= 11 is 0. The van der Waals surface area contributed by atoms with E-state index in [1.54, 1.807) is 14.0 Å². The Morgan fingerprint density at radius 2 is 2.23 bits per heavy atom. The van der Waals surface area contributed by atoms with Gasteiger partial charge in [0.15, 0.2) is 0 Å². The lowest BCUT2D eigenvalue weighted by Gasteiger charge is -2.14. The molecule has 0 saturated carbocycles. The number of aliphatic hydroxyl groups is 1. The van der Waals surface area contributed by atoms with Crippen molar-refractivity contribution in [3.8, 4) is 0 Å². The Balaban J connectivity index is 2.99. The van der Waals surface area contributed by atoms with Crippen molar-refractivity contribution in [3.05, 3.63) is 17.5 Å². The van der Waals surface area contributed by atoms with E-state index in [1.165, 1.54) is 4.68 Å². The highest BCUT2D eigenvalue weighted by Gasteiger charge is 2.34. The summed E-state index contributed by atoms with van der Waals surface area (Å²) in [5.41, 5.74) is 0.322. The lowest BCUT2D eigenvalue weighted by molar-refractivity contribution is -0.0275. The van der Waals surface area contributed by atoms with E-state index in [2.05, 4.69) is 5.10 Å². The van der Waals surface area contributed by atoms with Crippen LogP contribution in [0.1, 0.15) is 17.7 Å². The fourth-order valence-corrected chi connectivity index (χ4v) is 1.13. The second-order valence-electron chi connectivity index (χ2n) is 2.95. The number of alkyl halides is 2. The van der Waals surface area contributed by atoms with Gasteiger partial charge in [-0.25, -0.2) is 8.78 Å². The van der Waals surface area contributed by atoms with Crippen molar-refractivity contribution in [2.75, 3.05) is 6.61 Å². The van der Waals surface area contributed by atoms with E-state index in [1.807, 2.05) is 0 Å². The van der Waals surface area contributed by atoms with E-state index in [9.17, 15) is 8.78 Å². The lowest BCUT2D eigenvalue weighted by Crippen LogP contribution is -2.16. The number of rotatable bonds is 3. The zero-order valence-corrected chi connectivity index (χ0v) is 7.59. The molecule has 0 bridgehead atoms. The quantitative estimate of drug-likeness (QED) is 0.777. The van der Waals surface area contributed by atoms with E-state index in [0.29, 0.717) is 5.69 Å². The predicted molar refractivity (Wildman–Crippen MR) is 43.5 cm³/mol. The summed E-state index contributed by atoms with van der Waals surface area (Å²) in [5.74, 6) is -2.98. The van der Waals surface area contributed by atoms with Gasteiger partial charge in [-0.05, 0) is 6.92 Å². The van der Waals surface area contributed by atoms with E-state index >= 15 is 0 Å². The minimum atomic E-state index is -2.98. The molecule has 0 unspecified atom stereocenters. The smallest absolute Gasteiger partial charge is 0.278 e. The highest BCUT2D eigenvalue weighted by molar-refractivity contribution is 5.21. The summed E-state index contributed by atoms with van der Waals surface area (Å²) in [6.07, 6.45) is 0.588. The summed E-state index contributed by atoms with van der Waals surface area (Å²) in [4.78, 5) is 0. The Morgan fingerprint density at radius 1 is 1.62 bits per heavy atom. The molecule has 0 aliphatic carbocycles. The Labute approximate surface area is 75.0 Å². The van der Waals surface area contributed by atoms with Gasteiger partial charge in [0.05, 0.1) is 11.8 Å². The van der Waals surface area contributed by atoms with Gasteiger partial charge >= 0.3 is 0 Å². The molecular formula is C8H12F2N2O. The van der Waals surface area contributed by atoms with Crippen LogP contribution < -0.4 is 0 Å². The first-order valence-electron chi connectivity index (χ1n) is 3.97. The van der Waals surface area contributed by atoms with E-state index in [-0.39, 0.29) is 5.56 Å². The van der Waals surface area contributed by atoms with Crippen molar-refractivity contribution in [1.82, 2.24) is 9.78 Å². The Hall–Kier alpha value is -0.970. The molecule has 5 heteroatoms. The number of aromatic nitrogens is 2. The predicted octanol–water partition coefficient (Wildman–Crippen LogP) is 1.20. The van der Waals surface area contributed by atoms with Gasteiger partial charge in [0, 0.05) is 25.8 Å². The van der Waals surface area contributed by atoms with Crippen molar-refractivity contribution < 1.29 is 13.9 Å². The van der Waals surface area contributed by atoms with E-state index in [0.717, 1.165) is 6.20 Å². The van der Waals surface area contributed by atoms with Gasteiger partial charge in [0.1, 0.15) is 0 Å². The van der Waals surface area contributed by atoms with Crippen LogP contribution in [-0.4, -0.2) is 21.5 Å². The van der Waals surface area contributed by atoms with Crippen molar-refractivity contribution in [1.29, 1.82) is 0 Å². The van der Waals surface area contributed by atoms with Crippen LogP contribution >= 0.6 is 0 Å². The minimum absolute atomic E-state index is 0.107. The van der Waals surface area contributed by atoms with Crippen LogP contribution in [0.15, 0.2) is 6.20 Å². The number of aliphatic hydroxyl groups excluding tert-OH is 1. The molecule has 1 N–H and O–H groups in total. The molecule has 0 radical (unpaired) electrons. The highest BCUT2D eigenvalue weighted by Crippen LogP contribution is 2.32. The molecule has 3 nitrogen and oxygen atoms in total. The molecular weight excluding hydrogens is 178 g/mol. The fraction of sp³-hybridized carbons (Fsp3) is 0.625. The maximum atomic E-state index is 13.2. The van der Waals surface area contributed by atoms with Crippen LogP contribution in [0.25, 0.3) is 0 Å². The topological polar surface area (TPSA) is 38.1 Å². The molecule has 0 fully saturated rings. The molecule has 1 aromatic rings. The maximum absolute atomic E-state index is 13.2. The third kappa shape index (κ3) is 1.85. The van der Waals surface area contributed by atoms with Gasteiger partial charge < -0.3 is 5.11 Å². The van der Waals surface area contributed by atoms with E-state index in [4.69, 9.17) is 5.11 Å². The van der Waals surface area contributed by atoms with Gasteiger partial charge in [-0.2, -0.15) is 5.10 Å². The lowest BCUT2D eigenvalue weighted by atomic mass is 10.1. The van der Waals surface area contributed by atoms with Crippen LogP contribution in [0.5, 0.6) is 0 Å². The molecule has 0 amide bonds. The molecule has 0 saturated heterocycles. The second kappa shape index (κ2) is 3.41. The molecule has 0 aliphatic heterocycles. The summed E-state index contributed by atoms with van der Waals surface area (Å²) < 4.78 is 27.8. The number of aryl methyl sites for hydroxylation is 1. The Kier molecular flexibility index (Phi) is 2.66. The number of nitrogens with zero attached hydrogens (tertiary/aromatic N) is 2. The molecule has 13 heavy (non-hydrogen) atoms. The molecule has 1 heterocycles.